The number of halogens is 1. The number of hydrogen-bond donors (Lipinski definition) is 1. The van der Waals surface area contributed by atoms with Crippen molar-refractivity contribution < 1.29 is 9.13 Å². The Hall–Kier alpha value is -1.13. The van der Waals surface area contributed by atoms with Crippen LogP contribution in [0.5, 0.6) is 0 Å². The average Bonchev–Trinajstić information content (AvgIpc) is 2.30. The standard InChI is InChI=1S/C14H21FN2O/c1-14(2)10-18-8-7-17(14)13-4-3-12(15)9-11(13)5-6-16/h3-4,9H,5-8,10,16H2,1-2H3. The van der Waals surface area contributed by atoms with Gasteiger partial charge in [-0.1, -0.05) is 0 Å². The minimum Gasteiger partial charge on any atom is -0.377 e. The molecule has 0 saturated carbocycles. The van der Waals surface area contributed by atoms with Crippen molar-refractivity contribution in [3.63, 3.8) is 0 Å². The number of nitrogens with zero attached hydrogens (tertiary/aromatic N) is 1. The van der Waals surface area contributed by atoms with E-state index in [0.717, 1.165) is 17.8 Å². The van der Waals surface area contributed by atoms with Crippen LogP contribution in [-0.4, -0.2) is 31.8 Å². The Balaban J connectivity index is 2.36. The third-order valence-electron chi connectivity index (χ3n) is 3.39. The summed E-state index contributed by atoms with van der Waals surface area (Å²) in [5.74, 6) is -0.201. The predicted octanol–water partition coefficient (Wildman–Crippen LogP) is 1.94. The van der Waals surface area contributed by atoms with E-state index in [1.807, 2.05) is 6.07 Å². The quantitative estimate of drug-likeness (QED) is 0.893. The van der Waals surface area contributed by atoms with Crippen molar-refractivity contribution in [2.24, 2.45) is 5.73 Å². The molecule has 0 atom stereocenters. The highest BCUT2D eigenvalue weighted by molar-refractivity contribution is 5.56. The molecule has 2 rings (SSSR count). The first kappa shape index (κ1) is 13.3. The summed E-state index contributed by atoms with van der Waals surface area (Å²) < 4.78 is 18.9. The van der Waals surface area contributed by atoms with Crippen molar-refractivity contribution in [3.8, 4) is 0 Å². The van der Waals surface area contributed by atoms with Crippen LogP contribution in [0.1, 0.15) is 19.4 Å². The van der Waals surface area contributed by atoms with Gasteiger partial charge in [0.05, 0.1) is 18.8 Å². The third kappa shape index (κ3) is 2.65. The van der Waals surface area contributed by atoms with Crippen molar-refractivity contribution in [3.05, 3.63) is 29.6 Å². The van der Waals surface area contributed by atoms with Gasteiger partial charge in [-0.15, -0.1) is 0 Å². The minimum absolute atomic E-state index is 0.0700. The van der Waals surface area contributed by atoms with E-state index in [-0.39, 0.29) is 11.4 Å². The summed E-state index contributed by atoms with van der Waals surface area (Å²) in [6, 6.07) is 4.96. The molecule has 1 aliphatic rings. The largest absolute Gasteiger partial charge is 0.377 e. The summed E-state index contributed by atoms with van der Waals surface area (Å²) in [7, 11) is 0. The Morgan fingerprint density at radius 3 is 2.89 bits per heavy atom. The molecule has 0 spiro atoms. The SMILES string of the molecule is CC1(C)COCCN1c1ccc(F)cc1CCN. The highest BCUT2D eigenvalue weighted by Crippen LogP contribution is 2.30. The van der Waals surface area contributed by atoms with Crippen LogP contribution in [0.25, 0.3) is 0 Å². The Bertz CT molecular complexity index is 420. The molecule has 1 aromatic rings. The van der Waals surface area contributed by atoms with Crippen molar-refractivity contribution in [1.82, 2.24) is 0 Å². The van der Waals surface area contributed by atoms with Crippen LogP contribution < -0.4 is 10.6 Å². The normalized spacial score (nSPS) is 19.0. The first-order valence-electron chi connectivity index (χ1n) is 6.38. The molecule has 100 valence electrons. The monoisotopic (exact) mass is 252 g/mol. The molecule has 18 heavy (non-hydrogen) atoms. The Morgan fingerprint density at radius 1 is 1.44 bits per heavy atom. The van der Waals surface area contributed by atoms with Gasteiger partial charge in [-0.25, -0.2) is 4.39 Å². The van der Waals surface area contributed by atoms with E-state index in [4.69, 9.17) is 10.5 Å². The fraction of sp³-hybridized carbons (Fsp3) is 0.571. The maximum atomic E-state index is 13.3. The van der Waals surface area contributed by atoms with Gasteiger partial charge < -0.3 is 15.4 Å². The zero-order chi connectivity index (χ0) is 13.2. The number of hydrogen-bond acceptors (Lipinski definition) is 3. The van der Waals surface area contributed by atoms with Crippen molar-refractivity contribution >= 4 is 5.69 Å². The zero-order valence-electron chi connectivity index (χ0n) is 11.1. The van der Waals surface area contributed by atoms with E-state index < -0.39 is 0 Å². The topological polar surface area (TPSA) is 38.5 Å². The zero-order valence-corrected chi connectivity index (χ0v) is 11.1. The van der Waals surface area contributed by atoms with Crippen LogP contribution in [-0.2, 0) is 11.2 Å². The number of anilines is 1. The maximum absolute atomic E-state index is 13.3. The molecule has 1 aliphatic heterocycles. The van der Waals surface area contributed by atoms with Crippen LogP contribution in [0.2, 0.25) is 0 Å². The van der Waals surface area contributed by atoms with Gasteiger partial charge in [0, 0.05) is 12.2 Å². The lowest BCUT2D eigenvalue weighted by atomic mass is 9.98. The molecule has 0 radical (unpaired) electrons. The van der Waals surface area contributed by atoms with Crippen LogP contribution in [0.15, 0.2) is 18.2 Å². The minimum atomic E-state index is -0.201. The Labute approximate surface area is 108 Å². The summed E-state index contributed by atoms with van der Waals surface area (Å²) in [5.41, 5.74) is 7.60. The van der Waals surface area contributed by atoms with Crippen molar-refractivity contribution in [2.75, 3.05) is 31.2 Å². The summed E-state index contributed by atoms with van der Waals surface area (Å²) in [4.78, 5) is 2.29. The second-order valence-electron chi connectivity index (χ2n) is 5.33. The van der Waals surface area contributed by atoms with Gasteiger partial charge >= 0.3 is 0 Å². The molecule has 1 aromatic carbocycles. The van der Waals surface area contributed by atoms with E-state index in [1.165, 1.54) is 6.07 Å². The second kappa shape index (κ2) is 5.24. The van der Waals surface area contributed by atoms with E-state index in [9.17, 15) is 4.39 Å². The molecule has 0 amide bonds. The second-order valence-corrected chi connectivity index (χ2v) is 5.33. The Morgan fingerprint density at radius 2 is 2.22 bits per heavy atom. The van der Waals surface area contributed by atoms with E-state index in [1.54, 1.807) is 6.07 Å². The molecule has 1 fully saturated rings. The lowest BCUT2D eigenvalue weighted by molar-refractivity contribution is 0.0643. The summed E-state index contributed by atoms with van der Waals surface area (Å²) in [6.07, 6.45) is 0.695. The summed E-state index contributed by atoms with van der Waals surface area (Å²) in [5, 5.41) is 0. The van der Waals surface area contributed by atoms with Gasteiger partial charge in [-0.05, 0) is 50.6 Å². The van der Waals surface area contributed by atoms with Crippen molar-refractivity contribution in [2.45, 2.75) is 25.8 Å². The summed E-state index contributed by atoms with van der Waals surface area (Å²) in [6.45, 7) is 7.04. The molecule has 0 aliphatic carbocycles. The van der Waals surface area contributed by atoms with Crippen LogP contribution in [0.3, 0.4) is 0 Å². The maximum Gasteiger partial charge on any atom is 0.123 e. The number of morpholine rings is 1. The van der Waals surface area contributed by atoms with Gasteiger partial charge in [-0.2, -0.15) is 0 Å². The fourth-order valence-electron chi connectivity index (χ4n) is 2.48. The molecule has 4 heteroatoms. The molecule has 0 bridgehead atoms. The average molecular weight is 252 g/mol. The number of rotatable bonds is 3. The van der Waals surface area contributed by atoms with E-state index in [2.05, 4.69) is 18.7 Å². The molecule has 3 nitrogen and oxygen atoms in total. The molecule has 1 saturated heterocycles. The highest BCUT2D eigenvalue weighted by atomic mass is 19.1. The van der Waals surface area contributed by atoms with Crippen LogP contribution in [0.4, 0.5) is 10.1 Å². The molecular weight excluding hydrogens is 231 g/mol. The number of ether oxygens (including phenoxy) is 1. The van der Waals surface area contributed by atoms with Gasteiger partial charge in [-0.3, -0.25) is 0 Å². The van der Waals surface area contributed by atoms with Gasteiger partial charge in [0.1, 0.15) is 5.82 Å². The van der Waals surface area contributed by atoms with Gasteiger partial charge in [0.25, 0.3) is 0 Å². The van der Waals surface area contributed by atoms with Gasteiger partial charge in [0.2, 0.25) is 0 Å². The Kier molecular flexibility index (Phi) is 3.88. The number of nitrogens with two attached hydrogens (primary N) is 1. The lowest BCUT2D eigenvalue weighted by Crippen LogP contribution is -2.53. The van der Waals surface area contributed by atoms with Crippen molar-refractivity contribution in [1.29, 1.82) is 0 Å². The van der Waals surface area contributed by atoms with Crippen LogP contribution >= 0.6 is 0 Å². The van der Waals surface area contributed by atoms with Crippen LogP contribution in [0, 0.1) is 5.82 Å². The highest BCUT2D eigenvalue weighted by Gasteiger charge is 2.31. The molecule has 2 N–H and O–H groups in total. The molecule has 1 heterocycles. The van der Waals surface area contributed by atoms with Gasteiger partial charge in [0.15, 0.2) is 0 Å². The first-order chi connectivity index (χ1) is 8.54. The summed E-state index contributed by atoms with van der Waals surface area (Å²) >= 11 is 0. The van der Waals surface area contributed by atoms with E-state index in [0.29, 0.717) is 26.2 Å². The smallest absolute Gasteiger partial charge is 0.123 e. The third-order valence-corrected chi connectivity index (χ3v) is 3.39. The fourth-order valence-corrected chi connectivity index (χ4v) is 2.48. The predicted molar refractivity (Wildman–Crippen MR) is 71.4 cm³/mol. The first-order valence-corrected chi connectivity index (χ1v) is 6.38. The molecular formula is C14H21FN2O. The number of benzene rings is 1. The molecule has 0 unspecified atom stereocenters. The van der Waals surface area contributed by atoms with E-state index >= 15 is 0 Å². The molecule has 0 aromatic heterocycles. The lowest BCUT2D eigenvalue weighted by Gasteiger charge is -2.44.